The standard InChI is InChI=1S/C20H17N5O3/c26-19(27)14-5-2-6-15(10-14)23-20-21-11-17(25-28)18(24-20)22-16-8-7-12-3-1-4-13(12)9-16/h2,5-11H,1,3-4H2,(H,26,27)(H2,21,22,23,24). The number of hydrogen-bond donors (Lipinski definition) is 3. The Balaban J connectivity index is 1.60. The number of aromatic nitrogens is 2. The van der Waals surface area contributed by atoms with Crippen molar-refractivity contribution in [2.75, 3.05) is 10.6 Å². The van der Waals surface area contributed by atoms with Crippen molar-refractivity contribution < 1.29 is 9.90 Å². The monoisotopic (exact) mass is 375 g/mol. The van der Waals surface area contributed by atoms with Gasteiger partial charge in [0.1, 0.15) is 0 Å². The summed E-state index contributed by atoms with van der Waals surface area (Å²) in [5.74, 6) is -0.525. The SMILES string of the molecule is O=Nc1cnc(Nc2cccc(C(=O)O)c2)nc1Nc1ccc2c(c1)CCC2. The molecule has 28 heavy (non-hydrogen) atoms. The van der Waals surface area contributed by atoms with Crippen molar-refractivity contribution >= 4 is 34.8 Å². The molecule has 140 valence electrons. The van der Waals surface area contributed by atoms with E-state index in [1.807, 2.05) is 6.07 Å². The van der Waals surface area contributed by atoms with E-state index in [2.05, 4.69) is 37.9 Å². The second-order valence-electron chi connectivity index (χ2n) is 6.49. The van der Waals surface area contributed by atoms with Gasteiger partial charge in [-0.3, -0.25) is 0 Å². The lowest BCUT2D eigenvalue weighted by atomic mass is 10.1. The molecule has 2 aromatic carbocycles. The Bertz CT molecular complexity index is 1070. The number of nitrogens with zero attached hydrogens (tertiary/aromatic N) is 3. The lowest BCUT2D eigenvalue weighted by Crippen LogP contribution is -2.02. The van der Waals surface area contributed by atoms with Crippen LogP contribution < -0.4 is 10.6 Å². The van der Waals surface area contributed by atoms with E-state index in [9.17, 15) is 9.70 Å². The zero-order valence-electron chi connectivity index (χ0n) is 14.8. The first-order valence-corrected chi connectivity index (χ1v) is 8.82. The van der Waals surface area contributed by atoms with Crippen molar-refractivity contribution in [3.63, 3.8) is 0 Å². The molecule has 1 aliphatic rings. The van der Waals surface area contributed by atoms with E-state index in [0.29, 0.717) is 5.69 Å². The summed E-state index contributed by atoms with van der Waals surface area (Å²) in [5, 5.41) is 18.2. The van der Waals surface area contributed by atoms with E-state index in [4.69, 9.17) is 5.11 Å². The van der Waals surface area contributed by atoms with Gasteiger partial charge >= 0.3 is 5.97 Å². The largest absolute Gasteiger partial charge is 0.478 e. The first kappa shape index (κ1) is 17.6. The average Bonchev–Trinajstić information content (AvgIpc) is 3.16. The quantitative estimate of drug-likeness (QED) is 0.541. The number of hydrogen-bond acceptors (Lipinski definition) is 7. The van der Waals surface area contributed by atoms with Crippen LogP contribution in [0, 0.1) is 4.91 Å². The number of nitrogens with one attached hydrogen (secondary N) is 2. The number of aromatic carboxylic acids is 1. The van der Waals surface area contributed by atoms with Crippen molar-refractivity contribution in [3.05, 3.63) is 70.3 Å². The molecule has 3 N–H and O–H groups in total. The lowest BCUT2D eigenvalue weighted by molar-refractivity contribution is 0.0697. The molecular weight excluding hydrogens is 358 g/mol. The highest BCUT2D eigenvalue weighted by Gasteiger charge is 2.13. The van der Waals surface area contributed by atoms with Crippen LogP contribution in [0.5, 0.6) is 0 Å². The summed E-state index contributed by atoms with van der Waals surface area (Å²) in [7, 11) is 0. The molecule has 0 amide bonds. The molecule has 1 heterocycles. The molecule has 4 rings (SSSR count). The van der Waals surface area contributed by atoms with E-state index < -0.39 is 5.97 Å². The molecule has 0 unspecified atom stereocenters. The minimum atomic E-state index is -1.02. The molecule has 0 radical (unpaired) electrons. The fourth-order valence-corrected chi connectivity index (χ4v) is 3.24. The number of benzene rings is 2. The number of anilines is 4. The van der Waals surface area contributed by atoms with Crippen LogP contribution in [0.25, 0.3) is 0 Å². The maximum Gasteiger partial charge on any atom is 0.335 e. The van der Waals surface area contributed by atoms with E-state index >= 15 is 0 Å². The number of nitroso groups, excluding NO2 is 1. The van der Waals surface area contributed by atoms with E-state index in [0.717, 1.165) is 24.9 Å². The second kappa shape index (κ2) is 7.43. The van der Waals surface area contributed by atoms with Gasteiger partial charge in [0.25, 0.3) is 0 Å². The molecule has 0 atom stereocenters. The fourth-order valence-electron chi connectivity index (χ4n) is 3.24. The molecule has 8 heteroatoms. The maximum absolute atomic E-state index is 11.1. The van der Waals surface area contributed by atoms with Gasteiger partial charge in [-0.2, -0.15) is 4.98 Å². The predicted molar refractivity (Wildman–Crippen MR) is 106 cm³/mol. The Morgan fingerprint density at radius 1 is 1.04 bits per heavy atom. The molecule has 3 aromatic rings. The topological polar surface area (TPSA) is 117 Å². The van der Waals surface area contributed by atoms with Crippen LogP contribution in [0.3, 0.4) is 0 Å². The summed E-state index contributed by atoms with van der Waals surface area (Å²) in [5.41, 5.74) is 4.22. The van der Waals surface area contributed by atoms with Crippen molar-refractivity contribution in [1.29, 1.82) is 0 Å². The summed E-state index contributed by atoms with van der Waals surface area (Å²) in [4.78, 5) is 30.7. The Hall–Kier alpha value is -3.81. The molecule has 1 aliphatic carbocycles. The third-order valence-electron chi connectivity index (χ3n) is 4.59. The average molecular weight is 375 g/mol. The van der Waals surface area contributed by atoms with Crippen molar-refractivity contribution in [2.45, 2.75) is 19.3 Å². The number of aryl methyl sites for hydroxylation is 2. The Morgan fingerprint density at radius 3 is 2.68 bits per heavy atom. The Morgan fingerprint density at radius 2 is 1.86 bits per heavy atom. The molecular formula is C20H17N5O3. The molecule has 0 fully saturated rings. The zero-order chi connectivity index (χ0) is 19.5. The molecule has 0 aliphatic heterocycles. The number of carboxylic acid groups (broad SMARTS) is 1. The van der Waals surface area contributed by atoms with E-state index in [-0.39, 0.29) is 23.0 Å². The third kappa shape index (κ3) is 3.66. The highest BCUT2D eigenvalue weighted by molar-refractivity contribution is 5.89. The summed E-state index contributed by atoms with van der Waals surface area (Å²) in [6.45, 7) is 0. The zero-order valence-corrected chi connectivity index (χ0v) is 14.8. The summed E-state index contributed by atoms with van der Waals surface area (Å²) < 4.78 is 0. The fraction of sp³-hybridized carbons (Fsp3) is 0.150. The third-order valence-corrected chi connectivity index (χ3v) is 4.59. The lowest BCUT2D eigenvalue weighted by Gasteiger charge is -2.11. The summed E-state index contributed by atoms with van der Waals surface area (Å²) >= 11 is 0. The summed E-state index contributed by atoms with van der Waals surface area (Å²) in [6, 6.07) is 12.4. The molecule has 8 nitrogen and oxygen atoms in total. The Kier molecular flexibility index (Phi) is 4.67. The van der Waals surface area contributed by atoms with Crippen LogP contribution in [0.4, 0.5) is 28.8 Å². The van der Waals surface area contributed by atoms with E-state index in [1.165, 1.54) is 29.5 Å². The highest BCUT2D eigenvalue weighted by Crippen LogP contribution is 2.30. The van der Waals surface area contributed by atoms with Crippen LogP contribution in [-0.4, -0.2) is 21.0 Å². The molecule has 1 aromatic heterocycles. The van der Waals surface area contributed by atoms with Crippen LogP contribution in [-0.2, 0) is 12.8 Å². The minimum Gasteiger partial charge on any atom is -0.478 e. The van der Waals surface area contributed by atoms with Crippen molar-refractivity contribution in [1.82, 2.24) is 9.97 Å². The van der Waals surface area contributed by atoms with Gasteiger partial charge in [0.05, 0.1) is 11.8 Å². The molecule has 0 saturated heterocycles. The highest BCUT2D eigenvalue weighted by atomic mass is 16.4. The van der Waals surface area contributed by atoms with Crippen LogP contribution in [0.2, 0.25) is 0 Å². The van der Waals surface area contributed by atoms with Gasteiger partial charge in [-0.05, 0) is 65.9 Å². The summed E-state index contributed by atoms with van der Waals surface area (Å²) in [6.07, 6.45) is 4.60. The van der Waals surface area contributed by atoms with E-state index in [1.54, 1.807) is 12.1 Å². The van der Waals surface area contributed by atoms with Crippen molar-refractivity contribution in [2.24, 2.45) is 5.18 Å². The van der Waals surface area contributed by atoms with Gasteiger partial charge in [-0.1, -0.05) is 12.1 Å². The predicted octanol–water partition coefficient (Wildman–Crippen LogP) is 4.55. The second-order valence-corrected chi connectivity index (χ2v) is 6.49. The van der Waals surface area contributed by atoms with Crippen LogP contribution in [0.15, 0.2) is 53.8 Å². The molecule has 0 bridgehead atoms. The molecule has 0 spiro atoms. The maximum atomic E-state index is 11.1. The van der Waals surface area contributed by atoms with Gasteiger partial charge in [0.15, 0.2) is 11.5 Å². The van der Waals surface area contributed by atoms with Crippen molar-refractivity contribution in [3.8, 4) is 0 Å². The number of carboxylic acids is 1. The van der Waals surface area contributed by atoms with Gasteiger partial charge in [0, 0.05) is 11.4 Å². The van der Waals surface area contributed by atoms with Gasteiger partial charge in [-0.15, -0.1) is 4.91 Å². The van der Waals surface area contributed by atoms with Gasteiger partial charge in [0.2, 0.25) is 5.95 Å². The Labute approximate surface area is 160 Å². The first-order chi connectivity index (χ1) is 13.6. The first-order valence-electron chi connectivity index (χ1n) is 8.82. The molecule has 0 saturated carbocycles. The van der Waals surface area contributed by atoms with Crippen LogP contribution in [0.1, 0.15) is 27.9 Å². The normalized spacial score (nSPS) is 12.3. The van der Waals surface area contributed by atoms with Gasteiger partial charge < -0.3 is 15.7 Å². The van der Waals surface area contributed by atoms with Crippen LogP contribution >= 0.6 is 0 Å². The number of fused-ring (bicyclic) bond motifs is 1. The number of rotatable bonds is 6. The van der Waals surface area contributed by atoms with Gasteiger partial charge in [-0.25, -0.2) is 9.78 Å². The number of carbonyl (C=O) groups is 1. The minimum absolute atomic E-state index is 0.0883. The smallest absolute Gasteiger partial charge is 0.335 e.